The fraction of sp³-hybridized carbons (Fsp3) is 0.214. The van der Waals surface area contributed by atoms with Crippen LogP contribution in [0.1, 0.15) is 23.6 Å². The minimum Gasteiger partial charge on any atom is -0.411 e. The van der Waals surface area contributed by atoms with E-state index in [9.17, 15) is 0 Å². The van der Waals surface area contributed by atoms with Gasteiger partial charge >= 0.3 is 0 Å². The zero-order valence-corrected chi connectivity index (χ0v) is 10.3. The molecule has 0 saturated heterocycles. The smallest absolute Gasteiger partial charge is 0.0839 e. The molecule has 0 heterocycles. The van der Waals surface area contributed by atoms with Gasteiger partial charge in [0.05, 0.1) is 5.71 Å². The van der Waals surface area contributed by atoms with Crippen LogP contribution >= 0.6 is 11.6 Å². The van der Waals surface area contributed by atoms with E-state index in [0.29, 0.717) is 5.71 Å². The average Bonchev–Trinajstić information content (AvgIpc) is 2.78. The molecule has 86 valence electrons. The van der Waals surface area contributed by atoms with Gasteiger partial charge in [-0.1, -0.05) is 35.0 Å². The minimum absolute atomic E-state index is 0.662. The molecule has 2 nitrogen and oxygen atoms in total. The zero-order valence-electron chi connectivity index (χ0n) is 9.50. The number of nitrogens with zero attached hydrogens (tertiary/aromatic N) is 1. The molecule has 17 heavy (non-hydrogen) atoms. The predicted octanol–water partition coefficient (Wildman–Crippen LogP) is 3.79. The first-order valence-corrected chi connectivity index (χ1v) is 6.02. The first-order valence-electron chi connectivity index (χ1n) is 5.64. The molecule has 3 rings (SSSR count). The Bertz CT molecular complexity index is 646. The van der Waals surface area contributed by atoms with Crippen LogP contribution in [0.3, 0.4) is 0 Å². The maximum Gasteiger partial charge on any atom is 0.0839 e. The maximum atomic E-state index is 8.91. The van der Waals surface area contributed by atoms with Gasteiger partial charge in [0.25, 0.3) is 0 Å². The van der Waals surface area contributed by atoms with Gasteiger partial charge in [-0.3, -0.25) is 0 Å². The van der Waals surface area contributed by atoms with E-state index >= 15 is 0 Å². The standard InChI is InChI=1S/C14H12ClNO/c1-8(16-17)10-5-6-12-13(15)7-3-9-2-4-11(10)14(9)12/h3,5-7,17H,2,4H2,1H3/b16-8-. The van der Waals surface area contributed by atoms with Crippen LogP contribution in [-0.4, -0.2) is 10.9 Å². The number of aryl methyl sites for hydroxylation is 2. The monoisotopic (exact) mass is 245 g/mol. The van der Waals surface area contributed by atoms with Crippen molar-refractivity contribution in [3.05, 3.63) is 46.0 Å². The van der Waals surface area contributed by atoms with Crippen molar-refractivity contribution in [1.29, 1.82) is 0 Å². The lowest BCUT2D eigenvalue weighted by Crippen LogP contribution is -1.99. The molecule has 2 aromatic rings. The van der Waals surface area contributed by atoms with Crippen molar-refractivity contribution < 1.29 is 5.21 Å². The van der Waals surface area contributed by atoms with Crippen LogP contribution < -0.4 is 0 Å². The summed E-state index contributed by atoms with van der Waals surface area (Å²) in [6.45, 7) is 1.82. The highest BCUT2D eigenvalue weighted by atomic mass is 35.5. The van der Waals surface area contributed by atoms with E-state index in [0.717, 1.165) is 28.8 Å². The number of halogens is 1. The van der Waals surface area contributed by atoms with Gasteiger partial charge in [0.2, 0.25) is 0 Å². The predicted molar refractivity (Wildman–Crippen MR) is 70.4 cm³/mol. The van der Waals surface area contributed by atoms with Gasteiger partial charge in [-0.25, -0.2) is 0 Å². The van der Waals surface area contributed by atoms with Gasteiger partial charge in [0.15, 0.2) is 0 Å². The number of hydrogen-bond donors (Lipinski definition) is 1. The fourth-order valence-corrected chi connectivity index (χ4v) is 2.90. The van der Waals surface area contributed by atoms with Gasteiger partial charge in [-0.2, -0.15) is 0 Å². The molecule has 0 saturated carbocycles. The third kappa shape index (κ3) is 1.44. The molecule has 1 aliphatic carbocycles. The molecule has 0 aliphatic heterocycles. The lowest BCUT2D eigenvalue weighted by Gasteiger charge is -2.08. The molecule has 0 amide bonds. The Balaban J connectivity index is 2.42. The number of oxime groups is 1. The Morgan fingerprint density at radius 1 is 1.24 bits per heavy atom. The summed E-state index contributed by atoms with van der Waals surface area (Å²) >= 11 is 6.21. The largest absolute Gasteiger partial charge is 0.411 e. The normalized spacial score (nSPS) is 14.6. The third-order valence-corrected chi connectivity index (χ3v) is 3.84. The molecule has 0 fully saturated rings. The SMILES string of the molecule is C/C(=N/O)c1ccc2c(Cl)ccc3c2c1CC3. The van der Waals surface area contributed by atoms with Crippen molar-refractivity contribution in [2.24, 2.45) is 5.16 Å². The molecular weight excluding hydrogens is 234 g/mol. The maximum absolute atomic E-state index is 8.91. The van der Waals surface area contributed by atoms with Gasteiger partial charge < -0.3 is 5.21 Å². The van der Waals surface area contributed by atoms with Crippen molar-refractivity contribution >= 4 is 28.1 Å². The van der Waals surface area contributed by atoms with Crippen LogP contribution in [0, 0.1) is 0 Å². The van der Waals surface area contributed by atoms with Crippen molar-refractivity contribution in [2.45, 2.75) is 19.8 Å². The van der Waals surface area contributed by atoms with Crippen LogP contribution in [0.5, 0.6) is 0 Å². The Hall–Kier alpha value is -1.54. The number of rotatable bonds is 1. The van der Waals surface area contributed by atoms with E-state index in [2.05, 4.69) is 11.2 Å². The zero-order chi connectivity index (χ0) is 12.0. The molecule has 3 heteroatoms. The Kier molecular flexibility index (Phi) is 2.33. The molecule has 0 radical (unpaired) electrons. The second kappa shape index (κ2) is 3.74. The third-order valence-electron chi connectivity index (χ3n) is 3.51. The van der Waals surface area contributed by atoms with E-state index in [4.69, 9.17) is 16.8 Å². The summed E-state index contributed by atoms with van der Waals surface area (Å²) in [4.78, 5) is 0. The molecule has 0 spiro atoms. The van der Waals surface area contributed by atoms with Crippen LogP contribution in [0.2, 0.25) is 5.02 Å². The highest BCUT2D eigenvalue weighted by molar-refractivity contribution is 6.36. The molecule has 0 aromatic heterocycles. The Labute approximate surface area is 105 Å². The molecule has 1 N–H and O–H groups in total. The summed E-state index contributed by atoms with van der Waals surface area (Å²) in [5.74, 6) is 0. The Morgan fingerprint density at radius 2 is 2.06 bits per heavy atom. The average molecular weight is 246 g/mol. The lowest BCUT2D eigenvalue weighted by atomic mass is 9.98. The fourth-order valence-electron chi connectivity index (χ4n) is 2.68. The van der Waals surface area contributed by atoms with E-state index in [1.54, 1.807) is 0 Å². The first-order chi connectivity index (χ1) is 8.22. The molecule has 0 bridgehead atoms. The summed E-state index contributed by atoms with van der Waals surface area (Å²) in [6.07, 6.45) is 2.04. The summed E-state index contributed by atoms with van der Waals surface area (Å²) in [5, 5.41) is 15.4. The van der Waals surface area contributed by atoms with Crippen LogP contribution in [0.15, 0.2) is 29.4 Å². The number of benzene rings is 2. The highest BCUT2D eigenvalue weighted by Crippen LogP contribution is 2.36. The number of hydrogen-bond acceptors (Lipinski definition) is 2. The quantitative estimate of drug-likeness (QED) is 0.463. The van der Waals surface area contributed by atoms with Crippen LogP contribution in [0.25, 0.3) is 10.8 Å². The summed E-state index contributed by atoms with van der Waals surface area (Å²) in [7, 11) is 0. The van der Waals surface area contributed by atoms with Crippen molar-refractivity contribution in [3.8, 4) is 0 Å². The highest BCUT2D eigenvalue weighted by Gasteiger charge is 2.19. The van der Waals surface area contributed by atoms with Gasteiger partial charge in [-0.15, -0.1) is 0 Å². The van der Waals surface area contributed by atoms with Crippen molar-refractivity contribution in [3.63, 3.8) is 0 Å². The summed E-state index contributed by atoms with van der Waals surface area (Å²) < 4.78 is 0. The van der Waals surface area contributed by atoms with E-state index < -0.39 is 0 Å². The van der Waals surface area contributed by atoms with Crippen molar-refractivity contribution in [2.75, 3.05) is 0 Å². The molecule has 1 aliphatic rings. The molecule has 0 unspecified atom stereocenters. The van der Waals surface area contributed by atoms with Gasteiger partial charge in [0, 0.05) is 16.0 Å². The second-order valence-electron chi connectivity index (χ2n) is 4.41. The Morgan fingerprint density at radius 3 is 2.82 bits per heavy atom. The topological polar surface area (TPSA) is 32.6 Å². The van der Waals surface area contributed by atoms with Gasteiger partial charge in [-0.05, 0) is 42.3 Å². The van der Waals surface area contributed by atoms with Crippen LogP contribution in [-0.2, 0) is 12.8 Å². The van der Waals surface area contributed by atoms with Crippen molar-refractivity contribution in [1.82, 2.24) is 0 Å². The van der Waals surface area contributed by atoms with Crippen LogP contribution in [0.4, 0.5) is 0 Å². The summed E-state index contributed by atoms with van der Waals surface area (Å²) in [5.41, 5.74) is 4.29. The first kappa shape index (κ1) is 10.6. The second-order valence-corrected chi connectivity index (χ2v) is 4.81. The van der Waals surface area contributed by atoms with E-state index in [1.807, 2.05) is 25.1 Å². The summed E-state index contributed by atoms with van der Waals surface area (Å²) in [6, 6.07) is 8.06. The molecule has 0 atom stereocenters. The molecular formula is C14H12ClNO. The van der Waals surface area contributed by atoms with E-state index in [1.165, 1.54) is 16.5 Å². The van der Waals surface area contributed by atoms with Gasteiger partial charge in [0.1, 0.15) is 0 Å². The molecule has 2 aromatic carbocycles. The lowest BCUT2D eigenvalue weighted by molar-refractivity contribution is 0.319. The van der Waals surface area contributed by atoms with E-state index in [-0.39, 0.29) is 0 Å². The minimum atomic E-state index is 0.662.